The number of carbonyl (C=O) groups is 2. The lowest BCUT2D eigenvalue weighted by molar-refractivity contribution is -0.385. The zero-order valence-electron chi connectivity index (χ0n) is 19.2. The molecule has 0 aliphatic heterocycles. The van der Waals surface area contributed by atoms with Crippen molar-refractivity contribution in [3.05, 3.63) is 98.1 Å². The first-order valence-electron chi connectivity index (χ1n) is 10.9. The van der Waals surface area contributed by atoms with Crippen LogP contribution in [0.1, 0.15) is 24.5 Å². The molecule has 11 heteroatoms. The fourth-order valence-electron chi connectivity index (χ4n) is 3.12. The second-order valence-corrected chi connectivity index (χ2v) is 7.58. The maximum absolute atomic E-state index is 12.6. The Labute approximate surface area is 205 Å². The predicted octanol–water partition coefficient (Wildman–Crippen LogP) is 4.59. The summed E-state index contributed by atoms with van der Waals surface area (Å²) in [5.41, 5.74) is 0.790. The van der Waals surface area contributed by atoms with Gasteiger partial charge in [-0.15, -0.1) is 0 Å². The molecule has 0 aromatic heterocycles. The van der Waals surface area contributed by atoms with E-state index in [1.807, 2.05) is 6.92 Å². The minimum Gasteiger partial charge on any atom is -0.490 e. The van der Waals surface area contributed by atoms with Gasteiger partial charge in [-0.05, 0) is 29.7 Å². The minimum atomic E-state index is -0.691. The highest BCUT2D eigenvalue weighted by molar-refractivity contribution is 5.80. The summed E-state index contributed by atoms with van der Waals surface area (Å²) in [6.45, 7) is 2.22. The van der Waals surface area contributed by atoms with Crippen molar-refractivity contribution in [2.24, 2.45) is 0 Å². The van der Waals surface area contributed by atoms with Crippen molar-refractivity contribution in [3.8, 4) is 17.2 Å². The topological polar surface area (TPSA) is 148 Å². The quantitative estimate of drug-likeness (QED) is 0.161. The lowest BCUT2D eigenvalue weighted by Crippen LogP contribution is -2.16. The second-order valence-electron chi connectivity index (χ2n) is 7.58. The third-order valence-electron chi connectivity index (χ3n) is 4.84. The molecule has 0 atom stereocenters. The summed E-state index contributed by atoms with van der Waals surface area (Å²) in [6, 6.07) is 15.5. The summed E-state index contributed by atoms with van der Waals surface area (Å²) in [7, 11) is 0. The summed E-state index contributed by atoms with van der Waals surface area (Å²) < 4.78 is 16.6. The van der Waals surface area contributed by atoms with Crippen molar-refractivity contribution < 1.29 is 33.6 Å². The van der Waals surface area contributed by atoms with E-state index in [4.69, 9.17) is 14.2 Å². The van der Waals surface area contributed by atoms with Gasteiger partial charge in [0.2, 0.25) is 5.75 Å². The maximum atomic E-state index is 12.6. The first kappa shape index (κ1) is 25.8. The van der Waals surface area contributed by atoms with Gasteiger partial charge in [-0.25, -0.2) is 0 Å². The van der Waals surface area contributed by atoms with E-state index in [1.165, 1.54) is 54.6 Å². The van der Waals surface area contributed by atoms with Crippen LogP contribution in [-0.4, -0.2) is 28.4 Å². The van der Waals surface area contributed by atoms with Crippen LogP contribution in [0.4, 0.5) is 11.4 Å². The number of benzene rings is 3. The fourth-order valence-corrected chi connectivity index (χ4v) is 3.12. The average Bonchev–Trinajstić information content (AvgIpc) is 2.84. The van der Waals surface area contributed by atoms with Crippen molar-refractivity contribution >= 4 is 23.3 Å². The van der Waals surface area contributed by atoms with E-state index in [0.29, 0.717) is 24.2 Å². The molecule has 0 heterocycles. The van der Waals surface area contributed by atoms with Gasteiger partial charge >= 0.3 is 11.9 Å². The number of hydrogen-bond acceptors (Lipinski definition) is 9. The van der Waals surface area contributed by atoms with Crippen molar-refractivity contribution in [2.45, 2.75) is 26.2 Å². The standard InChI is InChI=1S/C25H22N2O9/c1-2-14-34-21-4-3-5-22(35-23(28)15-17-6-10-19(11-7-17)26(30)31)25(21)36-24(29)16-18-8-12-20(13-9-18)27(32)33/h3-13H,2,14-16H2,1H3. The molecule has 36 heavy (non-hydrogen) atoms. The molecule has 0 radical (unpaired) electrons. The highest BCUT2D eigenvalue weighted by Crippen LogP contribution is 2.38. The molecule has 0 unspecified atom stereocenters. The average molecular weight is 494 g/mol. The molecule has 3 aromatic rings. The lowest BCUT2D eigenvalue weighted by atomic mass is 10.1. The molecule has 0 spiro atoms. The molecule has 0 bridgehead atoms. The van der Waals surface area contributed by atoms with Gasteiger partial charge in [-0.1, -0.05) is 37.3 Å². The second kappa shape index (κ2) is 12.1. The van der Waals surface area contributed by atoms with Gasteiger partial charge in [0.05, 0.1) is 29.3 Å². The molecule has 11 nitrogen and oxygen atoms in total. The highest BCUT2D eigenvalue weighted by atomic mass is 16.6. The monoisotopic (exact) mass is 494 g/mol. The fraction of sp³-hybridized carbons (Fsp3) is 0.200. The van der Waals surface area contributed by atoms with Gasteiger partial charge in [0, 0.05) is 24.3 Å². The van der Waals surface area contributed by atoms with Crippen LogP contribution in [0.15, 0.2) is 66.7 Å². The van der Waals surface area contributed by atoms with Crippen LogP contribution in [0.2, 0.25) is 0 Å². The number of non-ortho nitro benzene ring substituents is 2. The molecular formula is C25H22N2O9. The molecule has 0 amide bonds. The van der Waals surface area contributed by atoms with E-state index in [9.17, 15) is 29.8 Å². The van der Waals surface area contributed by atoms with E-state index in [1.54, 1.807) is 12.1 Å². The van der Waals surface area contributed by atoms with E-state index < -0.39 is 21.8 Å². The molecule has 0 N–H and O–H groups in total. The van der Waals surface area contributed by atoms with Crippen LogP contribution in [-0.2, 0) is 22.4 Å². The Hall–Kier alpha value is -4.80. The number of hydrogen-bond donors (Lipinski definition) is 0. The third-order valence-corrected chi connectivity index (χ3v) is 4.84. The number of nitro benzene ring substituents is 2. The SMILES string of the molecule is CCCOc1cccc(OC(=O)Cc2ccc([N+](=O)[O-])cc2)c1OC(=O)Cc1ccc([N+](=O)[O-])cc1. The Bertz CT molecular complexity index is 1260. The van der Waals surface area contributed by atoms with Gasteiger partial charge < -0.3 is 14.2 Å². The van der Waals surface area contributed by atoms with Crippen LogP contribution < -0.4 is 14.2 Å². The minimum absolute atomic E-state index is 0.0347. The summed E-state index contributed by atoms with van der Waals surface area (Å²) >= 11 is 0. The lowest BCUT2D eigenvalue weighted by Gasteiger charge is -2.15. The van der Waals surface area contributed by atoms with Gasteiger partial charge in [0.25, 0.3) is 11.4 Å². The van der Waals surface area contributed by atoms with Crippen molar-refractivity contribution in [3.63, 3.8) is 0 Å². The number of rotatable bonds is 11. The molecule has 3 aromatic carbocycles. The Morgan fingerprint density at radius 1 is 0.722 bits per heavy atom. The molecule has 0 fully saturated rings. The molecule has 0 aliphatic carbocycles. The summed E-state index contributed by atoms with van der Waals surface area (Å²) in [4.78, 5) is 45.7. The number of para-hydroxylation sites is 1. The Morgan fingerprint density at radius 3 is 1.67 bits per heavy atom. The molecular weight excluding hydrogens is 472 g/mol. The normalized spacial score (nSPS) is 10.4. The number of carbonyl (C=O) groups excluding carboxylic acids is 2. The van der Waals surface area contributed by atoms with E-state index in [0.717, 1.165) is 0 Å². The van der Waals surface area contributed by atoms with Crippen LogP contribution in [0.25, 0.3) is 0 Å². The van der Waals surface area contributed by atoms with E-state index in [-0.39, 0.29) is 41.5 Å². The molecule has 3 rings (SSSR count). The van der Waals surface area contributed by atoms with Crippen molar-refractivity contribution in [1.82, 2.24) is 0 Å². The number of ether oxygens (including phenoxy) is 3. The highest BCUT2D eigenvalue weighted by Gasteiger charge is 2.20. The van der Waals surface area contributed by atoms with Crippen LogP contribution in [0, 0.1) is 20.2 Å². The smallest absolute Gasteiger partial charge is 0.315 e. The summed E-state index contributed by atoms with van der Waals surface area (Å²) in [5, 5.41) is 21.6. The summed E-state index contributed by atoms with van der Waals surface area (Å²) in [6.07, 6.45) is 0.324. The first-order chi connectivity index (χ1) is 17.3. The molecule has 0 aliphatic rings. The largest absolute Gasteiger partial charge is 0.490 e. The zero-order valence-corrected chi connectivity index (χ0v) is 19.2. The maximum Gasteiger partial charge on any atom is 0.315 e. The van der Waals surface area contributed by atoms with Gasteiger partial charge in [0.15, 0.2) is 11.5 Å². The van der Waals surface area contributed by atoms with Crippen LogP contribution >= 0.6 is 0 Å². The number of nitrogens with zero attached hydrogens (tertiary/aromatic N) is 2. The van der Waals surface area contributed by atoms with Crippen LogP contribution in [0.3, 0.4) is 0 Å². The molecule has 0 saturated carbocycles. The van der Waals surface area contributed by atoms with Gasteiger partial charge in [-0.2, -0.15) is 0 Å². The summed E-state index contributed by atoms with van der Waals surface area (Å²) in [5.74, 6) is -1.27. The molecule has 186 valence electrons. The van der Waals surface area contributed by atoms with Crippen LogP contribution in [0.5, 0.6) is 17.2 Å². The Balaban J connectivity index is 1.75. The van der Waals surface area contributed by atoms with E-state index >= 15 is 0 Å². The van der Waals surface area contributed by atoms with Crippen molar-refractivity contribution in [2.75, 3.05) is 6.61 Å². The zero-order chi connectivity index (χ0) is 26.1. The van der Waals surface area contributed by atoms with Gasteiger partial charge in [-0.3, -0.25) is 29.8 Å². The predicted molar refractivity (Wildman–Crippen MR) is 127 cm³/mol. The van der Waals surface area contributed by atoms with E-state index in [2.05, 4.69) is 0 Å². The molecule has 0 saturated heterocycles. The first-order valence-corrected chi connectivity index (χ1v) is 10.9. The van der Waals surface area contributed by atoms with Crippen molar-refractivity contribution in [1.29, 1.82) is 0 Å². The Kier molecular flexibility index (Phi) is 8.65. The number of nitro groups is 2. The Morgan fingerprint density at radius 2 is 1.19 bits per heavy atom. The van der Waals surface area contributed by atoms with Gasteiger partial charge in [0.1, 0.15) is 0 Å². The third kappa shape index (κ3) is 7.10. The number of esters is 2.